The maximum absolute atomic E-state index is 10.8. The topological polar surface area (TPSA) is 61.6 Å². The molecule has 0 spiro atoms. The van der Waals surface area contributed by atoms with Crippen molar-refractivity contribution >= 4 is 53.5 Å². The number of hydrogen-bond acceptors (Lipinski definition) is 4. The van der Waals surface area contributed by atoms with E-state index in [1.54, 1.807) is 0 Å². The number of nitro benzene ring substituents is 1. The molecule has 134 valence electrons. The van der Waals surface area contributed by atoms with E-state index in [-0.39, 0.29) is 11.8 Å². The van der Waals surface area contributed by atoms with Crippen molar-refractivity contribution in [2.45, 2.75) is 12.5 Å². The van der Waals surface area contributed by atoms with Crippen LogP contribution in [0.3, 0.4) is 0 Å². The molecule has 0 aliphatic heterocycles. The minimum Gasteiger partial charge on any atom is -0.491 e. The standard InChI is InChI=1S/C17H16Br3NO4/c18-11-16(12-5-2-1-3-6-12)24-7-4-8-25-17-14(19)9-13(21(22)23)10-15(17)20/h1-3,5-6,9-10,16H,4,7-8,11H2. The summed E-state index contributed by atoms with van der Waals surface area (Å²) in [7, 11) is 0. The Labute approximate surface area is 171 Å². The number of benzene rings is 2. The van der Waals surface area contributed by atoms with Crippen LogP contribution in [0.5, 0.6) is 5.75 Å². The van der Waals surface area contributed by atoms with E-state index in [0.29, 0.717) is 34.3 Å². The zero-order chi connectivity index (χ0) is 18.2. The maximum Gasteiger partial charge on any atom is 0.271 e. The molecule has 0 saturated carbocycles. The molecule has 0 aliphatic rings. The monoisotopic (exact) mass is 535 g/mol. The molecule has 1 atom stereocenters. The van der Waals surface area contributed by atoms with Crippen LogP contribution in [-0.2, 0) is 4.74 Å². The second-order valence-corrected chi connectivity index (χ2v) is 7.48. The summed E-state index contributed by atoms with van der Waals surface area (Å²) < 4.78 is 12.7. The predicted octanol–water partition coefficient (Wildman–Crippen LogP) is 6.04. The molecule has 0 fully saturated rings. The SMILES string of the molecule is O=[N+]([O-])c1cc(Br)c(OCCCOC(CBr)c2ccccc2)c(Br)c1. The van der Waals surface area contributed by atoms with Gasteiger partial charge in [0, 0.05) is 23.9 Å². The van der Waals surface area contributed by atoms with E-state index in [1.807, 2.05) is 30.3 Å². The first kappa shape index (κ1) is 20.4. The Bertz CT molecular complexity index is 689. The Balaban J connectivity index is 1.82. The first-order chi connectivity index (χ1) is 12.0. The van der Waals surface area contributed by atoms with E-state index >= 15 is 0 Å². The molecule has 0 aromatic heterocycles. The molecule has 2 rings (SSSR count). The van der Waals surface area contributed by atoms with E-state index in [2.05, 4.69) is 47.8 Å². The Hall–Kier alpha value is -0.960. The molecule has 8 heteroatoms. The number of hydrogen-bond donors (Lipinski definition) is 0. The van der Waals surface area contributed by atoms with Crippen molar-refractivity contribution in [2.24, 2.45) is 0 Å². The summed E-state index contributed by atoms with van der Waals surface area (Å²) in [5.41, 5.74) is 1.12. The summed E-state index contributed by atoms with van der Waals surface area (Å²) in [6, 6.07) is 12.9. The lowest BCUT2D eigenvalue weighted by atomic mass is 10.1. The second kappa shape index (κ2) is 10.3. The average Bonchev–Trinajstić information content (AvgIpc) is 2.60. The summed E-state index contributed by atoms with van der Waals surface area (Å²) >= 11 is 10.1. The Morgan fingerprint density at radius 1 is 1.08 bits per heavy atom. The van der Waals surface area contributed by atoms with E-state index < -0.39 is 4.92 Å². The number of halogens is 3. The number of alkyl halides is 1. The fourth-order valence-corrected chi connectivity index (χ4v) is 4.10. The van der Waals surface area contributed by atoms with Gasteiger partial charge in [0.1, 0.15) is 5.75 Å². The summed E-state index contributed by atoms with van der Waals surface area (Å²) in [6.45, 7) is 0.992. The molecule has 0 amide bonds. The van der Waals surface area contributed by atoms with Crippen LogP contribution in [0, 0.1) is 10.1 Å². The lowest BCUT2D eigenvalue weighted by molar-refractivity contribution is -0.385. The van der Waals surface area contributed by atoms with Crippen molar-refractivity contribution in [3.8, 4) is 5.75 Å². The van der Waals surface area contributed by atoms with Crippen molar-refractivity contribution in [1.82, 2.24) is 0 Å². The molecular formula is C17H16Br3NO4. The van der Waals surface area contributed by atoms with Crippen LogP contribution in [0.25, 0.3) is 0 Å². The number of non-ortho nitro benzene ring substituents is 1. The molecule has 1 unspecified atom stereocenters. The molecule has 5 nitrogen and oxygen atoms in total. The number of ether oxygens (including phenoxy) is 2. The molecule has 0 saturated heterocycles. The van der Waals surface area contributed by atoms with Gasteiger partial charge in [-0.1, -0.05) is 46.3 Å². The van der Waals surface area contributed by atoms with Gasteiger partial charge in [0.15, 0.2) is 0 Å². The zero-order valence-corrected chi connectivity index (χ0v) is 17.9. The molecule has 0 heterocycles. The van der Waals surface area contributed by atoms with Crippen LogP contribution < -0.4 is 4.74 Å². The highest BCUT2D eigenvalue weighted by atomic mass is 79.9. The number of nitro groups is 1. The second-order valence-electron chi connectivity index (χ2n) is 5.12. The van der Waals surface area contributed by atoms with Gasteiger partial charge in [0.2, 0.25) is 0 Å². The Kier molecular flexibility index (Phi) is 8.35. The molecule has 0 aliphatic carbocycles. The lowest BCUT2D eigenvalue weighted by Crippen LogP contribution is -2.09. The van der Waals surface area contributed by atoms with Crippen LogP contribution in [-0.4, -0.2) is 23.5 Å². The quantitative estimate of drug-likeness (QED) is 0.169. The summed E-state index contributed by atoms with van der Waals surface area (Å²) in [5.74, 6) is 0.547. The highest BCUT2D eigenvalue weighted by molar-refractivity contribution is 9.11. The van der Waals surface area contributed by atoms with Crippen molar-refractivity contribution in [3.05, 3.63) is 67.1 Å². The van der Waals surface area contributed by atoms with Crippen molar-refractivity contribution in [3.63, 3.8) is 0 Å². The summed E-state index contributed by atoms with van der Waals surface area (Å²) in [4.78, 5) is 10.4. The van der Waals surface area contributed by atoms with Gasteiger partial charge in [-0.2, -0.15) is 0 Å². The summed E-state index contributed by atoms with van der Waals surface area (Å²) in [6.07, 6.45) is 0.700. The van der Waals surface area contributed by atoms with Gasteiger partial charge in [-0.3, -0.25) is 10.1 Å². The van der Waals surface area contributed by atoms with Crippen LogP contribution in [0.15, 0.2) is 51.4 Å². The fourth-order valence-electron chi connectivity index (χ4n) is 2.15. The largest absolute Gasteiger partial charge is 0.491 e. The van der Waals surface area contributed by atoms with Crippen molar-refractivity contribution < 1.29 is 14.4 Å². The van der Waals surface area contributed by atoms with Gasteiger partial charge in [-0.15, -0.1) is 0 Å². The number of nitrogens with zero attached hydrogens (tertiary/aromatic N) is 1. The van der Waals surface area contributed by atoms with E-state index in [1.165, 1.54) is 12.1 Å². The highest BCUT2D eigenvalue weighted by Crippen LogP contribution is 2.37. The predicted molar refractivity (Wildman–Crippen MR) is 108 cm³/mol. The zero-order valence-electron chi connectivity index (χ0n) is 13.2. The molecule has 2 aromatic carbocycles. The fraction of sp³-hybridized carbons (Fsp3) is 0.294. The van der Waals surface area contributed by atoms with Crippen LogP contribution in [0.1, 0.15) is 18.1 Å². The third-order valence-corrected chi connectivity index (χ3v) is 5.13. The third kappa shape index (κ3) is 6.06. The average molecular weight is 538 g/mol. The molecule has 0 radical (unpaired) electrons. The van der Waals surface area contributed by atoms with Crippen LogP contribution in [0.4, 0.5) is 5.69 Å². The van der Waals surface area contributed by atoms with E-state index in [0.717, 1.165) is 10.9 Å². The molecule has 0 bridgehead atoms. The van der Waals surface area contributed by atoms with E-state index in [4.69, 9.17) is 9.47 Å². The normalized spacial score (nSPS) is 12.0. The first-order valence-corrected chi connectivity index (χ1v) is 10.2. The molecular weight excluding hydrogens is 522 g/mol. The van der Waals surface area contributed by atoms with Gasteiger partial charge >= 0.3 is 0 Å². The number of rotatable bonds is 9. The maximum atomic E-state index is 10.8. The van der Waals surface area contributed by atoms with E-state index in [9.17, 15) is 10.1 Å². The lowest BCUT2D eigenvalue weighted by Gasteiger charge is -2.16. The van der Waals surface area contributed by atoms with Gasteiger partial charge in [0.25, 0.3) is 5.69 Å². The Morgan fingerprint density at radius 3 is 2.28 bits per heavy atom. The molecule has 2 aromatic rings. The smallest absolute Gasteiger partial charge is 0.271 e. The molecule has 0 N–H and O–H groups in total. The van der Waals surface area contributed by atoms with Gasteiger partial charge in [0.05, 0.1) is 33.2 Å². The van der Waals surface area contributed by atoms with Crippen molar-refractivity contribution in [1.29, 1.82) is 0 Å². The van der Waals surface area contributed by atoms with Gasteiger partial charge in [-0.25, -0.2) is 0 Å². The summed E-state index contributed by atoms with van der Waals surface area (Å²) in [5, 5.41) is 11.5. The minimum atomic E-state index is -0.447. The third-order valence-electron chi connectivity index (χ3n) is 3.36. The van der Waals surface area contributed by atoms with Crippen LogP contribution in [0.2, 0.25) is 0 Å². The van der Waals surface area contributed by atoms with Gasteiger partial charge in [-0.05, 0) is 37.4 Å². The Morgan fingerprint density at radius 2 is 1.72 bits per heavy atom. The van der Waals surface area contributed by atoms with Crippen LogP contribution >= 0.6 is 47.8 Å². The van der Waals surface area contributed by atoms with Gasteiger partial charge < -0.3 is 9.47 Å². The molecule has 25 heavy (non-hydrogen) atoms. The first-order valence-electron chi connectivity index (χ1n) is 7.51. The minimum absolute atomic E-state index is 0.000882. The highest BCUT2D eigenvalue weighted by Gasteiger charge is 2.15. The van der Waals surface area contributed by atoms with Crippen molar-refractivity contribution in [2.75, 3.05) is 18.5 Å².